The Morgan fingerprint density at radius 3 is 2.80 bits per heavy atom. The van der Waals surface area contributed by atoms with Crippen LogP contribution in [0.5, 0.6) is 23.1 Å². The number of aromatic nitrogens is 6. The number of nitrogens with zero attached hydrogens (tertiary/aromatic N) is 7. The number of pyridine rings is 1. The van der Waals surface area contributed by atoms with Gasteiger partial charge in [0.05, 0.1) is 48.8 Å². The second-order valence-corrected chi connectivity index (χ2v) is 9.83. The zero-order valence-electron chi connectivity index (χ0n) is 22.7. The van der Waals surface area contributed by atoms with Crippen molar-refractivity contribution >= 4 is 28.1 Å². The van der Waals surface area contributed by atoms with Crippen LogP contribution in [0.4, 0.5) is 20.3 Å². The molecule has 5 aromatic rings. The third-order valence-corrected chi connectivity index (χ3v) is 6.76. The molecule has 5 heterocycles. The zero-order valence-corrected chi connectivity index (χ0v) is 22.7. The summed E-state index contributed by atoms with van der Waals surface area (Å²) in [5, 5.41) is 7.87. The van der Waals surface area contributed by atoms with E-state index >= 15 is 0 Å². The summed E-state index contributed by atoms with van der Waals surface area (Å²) in [6.07, 6.45) is 6.73. The molecular formula is C28H28F2N8O3. The third-order valence-electron chi connectivity index (χ3n) is 6.76. The summed E-state index contributed by atoms with van der Waals surface area (Å²) < 4.78 is 49.3. The first kappa shape index (κ1) is 26.6. The maximum atomic E-state index is 15.0. The van der Waals surface area contributed by atoms with Crippen LogP contribution in [0.1, 0.15) is 18.9 Å². The topological polar surface area (TPSA) is 112 Å². The lowest BCUT2D eigenvalue weighted by molar-refractivity contribution is -0.135. The van der Waals surface area contributed by atoms with Gasteiger partial charge < -0.3 is 24.4 Å². The molecule has 0 radical (unpaired) electrons. The van der Waals surface area contributed by atoms with Crippen molar-refractivity contribution in [1.29, 1.82) is 0 Å². The van der Waals surface area contributed by atoms with Crippen molar-refractivity contribution in [2.24, 2.45) is 0 Å². The predicted molar refractivity (Wildman–Crippen MR) is 148 cm³/mol. The van der Waals surface area contributed by atoms with Gasteiger partial charge in [-0.15, -0.1) is 0 Å². The van der Waals surface area contributed by atoms with Crippen LogP contribution in [-0.2, 0) is 0 Å². The molecule has 0 amide bonds. The van der Waals surface area contributed by atoms with Gasteiger partial charge in [0, 0.05) is 24.7 Å². The number of alkyl halides is 2. The fourth-order valence-corrected chi connectivity index (χ4v) is 4.78. The standard InChI is InChI=1S/C28H28F2N8O3/c1-4-39-27-25(41-22-8-10-37(3)15-28(22,29)30)24-20(13-32-27)33-16-34-26(24)36-18-5-6-21(17(2)11-18)40-19-12-31-23-7-9-35-38(23)14-19/h5-7,9,11-14,16,22H,4,8,10,15H2,1-3H3,(H,33,34,36)/t22-/m0/s1. The van der Waals surface area contributed by atoms with E-state index in [2.05, 4.69) is 30.4 Å². The van der Waals surface area contributed by atoms with Gasteiger partial charge in [-0.05, 0) is 44.7 Å². The summed E-state index contributed by atoms with van der Waals surface area (Å²) >= 11 is 0. The van der Waals surface area contributed by atoms with Crippen LogP contribution in [0.3, 0.4) is 0 Å². The Morgan fingerprint density at radius 2 is 2.00 bits per heavy atom. The molecule has 1 atom stereocenters. The second-order valence-electron chi connectivity index (χ2n) is 9.83. The van der Waals surface area contributed by atoms with E-state index in [0.717, 1.165) is 11.2 Å². The summed E-state index contributed by atoms with van der Waals surface area (Å²) in [6, 6.07) is 7.33. The van der Waals surface area contributed by atoms with Crippen LogP contribution in [0.25, 0.3) is 16.6 Å². The van der Waals surface area contributed by atoms with E-state index in [1.807, 2.05) is 25.1 Å². The molecule has 0 saturated carbocycles. The highest BCUT2D eigenvalue weighted by molar-refractivity contribution is 5.96. The van der Waals surface area contributed by atoms with Gasteiger partial charge in [0.2, 0.25) is 0 Å². The number of aryl methyl sites for hydroxylation is 1. The number of likely N-dealkylation sites (tertiary alicyclic amines) is 1. The lowest BCUT2D eigenvalue weighted by Crippen LogP contribution is -2.52. The van der Waals surface area contributed by atoms with E-state index in [0.29, 0.717) is 40.5 Å². The average Bonchev–Trinajstić information content (AvgIpc) is 3.41. The molecule has 11 nitrogen and oxygen atoms in total. The number of halogens is 2. The van der Waals surface area contributed by atoms with Crippen molar-refractivity contribution in [3.63, 3.8) is 0 Å². The SMILES string of the molecule is CCOc1ncc2ncnc(Nc3ccc(Oc4cnc5ccnn5c4)c(C)c3)c2c1O[C@H]1CCN(C)CC1(F)F. The number of ether oxygens (including phenoxy) is 3. The highest BCUT2D eigenvalue weighted by Crippen LogP contribution is 2.41. The van der Waals surface area contributed by atoms with E-state index in [-0.39, 0.29) is 24.7 Å². The highest BCUT2D eigenvalue weighted by Gasteiger charge is 2.46. The van der Waals surface area contributed by atoms with E-state index < -0.39 is 18.6 Å². The Hall–Kier alpha value is -4.65. The molecule has 0 bridgehead atoms. The minimum atomic E-state index is -3.06. The minimum absolute atomic E-state index is 0.0832. The van der Waals surface area contributed by atoms with Gasteiger partial charge in [-0.3, -0.25) is 0 Å². The first-order chi connectivity index (χ1) is 19.8. The molecule has 0 unspecified atom stereocenters. The second kappa shape index (κ2) is 10.7. The number of fused-ring (bicyclic) bond motifs is 2. The zero-order chi connectivity index (χ0) is 28.6. The molecule has 1 saturated heterocycles. The van der Waals surface area contributed by atoms with Gasteiger partial charge in [0.15, 0.2) is 23.3 Å². The first-order valence-corrected chi connectivity index (χ1v) is 13.1. The van der Waals surface area contributed by atoms with Gasteiger partial charge in [0.1, 0.15) is 17.9 Å². The lowest BCUT2D eigenvalue weighted by atomic mass is 10.0. The van der Waals surface area contributed by atoms with Crippen molar-refractivity contribution < 1.29 is 23.0 Å². The normalized spacial score (nSPS) is 17.0. The van der Waals surface area contributed by atoms with Crippen molar-refractivity contribution in [2.45, 2.75) is 32.3 Å². The third kappa shape index (κ3) is 5.40. The Kier molecular flexibility index (Phi) is 6.95. The van der Waals surface area contributed by atoms with Gasteiger partial charge >= 0.3 is 0 Å². The molecule has 1 aliphatic heterocycles. The molecular weight excluding hydrogens is 534 g/mol. The maximum Gasteiger partial charge on any atom is 0.296 e. The molecule has 0 spiro atoms. The molecule has 6 rings (SSSR count). The van der Waals surface area contributed by atoms with Crippen molar-refractivity contribution in [3.8, 4) is 23.1 Å². The van der Waals surface area contributed by atoms with Crippen LogP contribution in [0.15, 0.2) is 55.4 Å². The van der Waals surface area contributed by atoms with Crippen LogP contribution in [-0.4, -0.2) is 73.2 Å². The van der Waals surface area contributed by atoms with E-state index in [1.54, 1.807) is 48.0 Å². The van der Waals surface area contributed by atoms with Gasteiger partial charge in [0.25, 0.3) is 11.8 Å². The molecule has 4 aromatic heterocycles. The summed E-state index contributed by atoms with van der Waals surface area (Å²) in [6.45, 7) is 4.05. The lowest BCUT2D eigenvalue weighted by Gasteiger charge is -2.36. The Balaban J connectivity index is 1.32. The number of piperidine rings is 1. The van der Waals surface area contributed by atoms with Gasteiger partial charge in [-0.25, -0.2) is 33.2 Å². The summed E-state index contributed by atoms with van der Waals surface area (Å²) in [7, 11) is 1.66. The van der Waals surface area contributed by atoms with E-state index in [4.69, 9.17) is 14.2 Å². The molecule has 1 aromatic carbocycles. The van der Waals surface area contributed by atoms with Gasteiger partial charge in [-0.2, -0.15) is 5.10 Å². The Bertz CT molecular complexity index is 1710. The summed E-state index contributed by atoms with van der Waals surface area (Å²) in [5.74, 6) is -1.34. The largest absolute Gasteiger partial charge is 0.478 e. The van der Waals surface area contributed by atoms with Crippen LogP contribution in [0.2, 0.25) is 0 Å². The smallest absolute Gasteiger partial charge is 0.296 e. The number of rotatable bonds is 8. The average molecular weight is 563 g/mol. The quantitative estimate of drug-likeness (QED) is 0.276. The molecule has 1 N–H and O–H groups in total. The highest BCUT2D eigenvalue weighted by atomic mass is 19.3. The summed E-state index contributed by atoms with van der Waals surface area (Å²) in [5.41, 5.74) is 2.68. The molecule has 41 heavy (non-hydrogen) atoms. The number of anilines is 2. The van der Waals surface area contributed by atoms with E-state index in [9.17, 15) is 8.78 Å². The van der Waals surface area contributed by atoms with Crippen LogP contribution < -0.4 is 19.5 Å². The fraction of sp³-hybridized carbons (Fsp3) is 0.321. The molecule has 0 aliphatic carbocycles. The van der Waals surface area contributed by atoms with Crippen LogP contribution in [0, 0.1) is 6.92 Å². The maximum absolute atomic E-state index is 15.0. The molecule has 212 valence electrons. The minimum Gasteiger partial charge on any atom is -0.478 e. The number of hydrogen-bond donors (Lipinski definition) is 1. The first-order valence-electron chi connectivity index (χ1n) is 13.1. The van der Waals surface area contributed by atoms with Crippen molar-refractivity contribution in [1.82, 2.24) is 34.4 Å². The Labute approximate surface area is 234 Å². The molecule has 1 aliphatic rings. The van der Waals surface area contributed by atoms with E-state index in [1.165, 1.54) is 12.5 Å². The predicted octanol–water partition coefficient (Wildman–Crippen LogP) is 5.03. The Morgan fingerprint density at radius 1 is 1.12 bits per heavy atom. The number of benzene rings is 1. The number of nitrogens with one attached hydrogen (secondary N) is 1. The van der Waals surface area contributed by atoms with Gasteiger partial charge in [-0.1, -0.05) is 0 Å². The van der Waals surface area contributed by atoms with Crippen molar-refractivity contribution in [2.75, 3.05) is 32.1 Å². The molecule has 1 fully saturated rings. The number of hydrogen-bond acceptors (Lipinski definition) is 10. The monoisotopic (exact) mass is 562 g/mol. The summed E-state index contributed by atoms with van der Waals surface area (Å²) in [4.78, 5) is 18.9. The fourth-order valence-electron chi connectivity index (χ4n) is 4.78. The molecule has 13 heteroatoms. The van der Waals surface area contributed by atoms with Crippen LogP contribution >= 0.6 is 0 Å². The van der Waals surface area contributed by atoms with Crippen molar-refractivity contribution in [3.05, 3.63) is 60.9 Å².